The minimum Gasteiger partial charge on any atom is -0.493 e. The maximum atomic E-state index is 12.7. The number of carbonyl (C=O) groups excluding carboxylic acids is 1. The first kappa shape index (κ1) is 21.1. The molecule has 0 unspecified atom stereocenters. The first-order chi connectivity index (χ1) is 13.9. The molecule has 2 aromatic carbocycles. The van der Waals surface area contributed by atoms with E-state index in [9.17, 15) is 13.2 Å². The topological polar surface area (TPSA) is 84.9 Å². The molecule has 0 radical (unpaired) electrons. The van der Waals surface area contributed by atoms with E-state index in [0.717, 1.165) is 24.8 Å². The molecule has 3 rings (SSSR count). The number of amides is 1. The van der Waals surface area contributed by atoms with E-state index >= 15 is 0 Å². The minimum atomic E-state index is -3.48. The second-order valence-electron chi connectivity index (χ2n) is 6.98. The molecule has 0 bridgehead atoms. The van der Waals surface area contributed by atoms with Crippen LogP contribution >= 0.6 is 0 Å². The largest absolute Gasteiger partial charge is 0.493 e. The van der Waals surface area contributed by atoms with E-state index in [2.05, 4.69) is 5.32 Å². The van der Waals surface area contributed by atoms with Crippen LogP contribution in [0.4, 0.5) is 5.69 Å². The van der Waals surface area contributed by atoms with Gasteiger partial charge in [0, 0.05) is 18.8 Å². The second-order valence-corrected chi connectivity index (χ2v) is 8.92. The normalized spacial score (nSPS) is 15.0. The van der Waals surface area contributed by atoms with Crippen molar-refractivity contribution in [3.63, 3.8) is 0 Å². The number of benzene rings is 2. The van der Waals surface area contributed by atoms with Crippen LogP contribution in [0.15, 0.2) is 47.4 Å². The Balaban J connectivity index is 1.59. The van der Waals surface area contributed by atoms with E-state index in [1.54, 1.807) is 25.3 Å². The van der Waals surface area contributed by atoms with Crippen LogP contribution in [0.3, 0.4) is 0 Å². The standard InChI is InChI=1S/C21H26N2O5S/c1-16-6-11-19(20(14-16)27-2)28-15-21(24)22-17-7-9-18(10-8-17)29(25,26)23-12-4-3-5-13-23/h6-11,14H,3-5,12-13,15H2,1-2H3,(H,22,24). The van der Waals surface area contributed by atoms with Gasteiger partial charge in [-0.15, -0.1) is 0 Å². The third-order valence-corrected chi connectivity index (χ3v) is 6.68. The van der Waals surface area contributed by atoms with E-state index in [4.69, 9.17) is 9.47 Å². The van der Waals surface area contributed by atoms with Gasteiger partial charge in [-0.25, -0.2) is 8.42 Å². The zero-order valence-corrected chi connectivity index (χ0v) is 17.5. The van der Waals surface area contributed by atoms with E-state index in [-0.39, 0.29) is 17.4 Å². The molecule has 1 aliphatic rings. The fourth-order valence-corrected chi connectivity index (χ4v) is 4.72. The van der Waals surface area contributed by atoms with Gasteiger partial charge in [-0.1, -0.05) is 12.5 Å². The Morgan fingerprint density at radius 2 is 1.72 bits per heavy atom. The van der Waals surface area contributed by atoms with Gasteiger partial charge in [-0.3, -0.25) is 4.79 Å². The second kappa shape index (κ2) is 9.28. The number of methoxy groups -OCH3 is 1. The summed E-state index contributed by atoms with van der Waals surface area (Å²) in [5.41, 5.74) is 1.53. The Morgan fingerprint density at radius 3 is 2.38 bits per heavy atom. The lowest BCUT2D eigenvalue weighted by Crippen LogP contribution is -2.35. The summed E-state index contributed by atoms with van der Waals surface area (Å²) in [6.07, 6.45) is 2.84. The van der Waals surface area contributed by atoms with Crippen LogP contribution in [0.5, 0.6) is 11.5 Å². The van der Waals surface area contributed by atoms with Gasteiger partial charge in [-0.05, 0) is 61.7 Å². The lowest BCUT2D eigenvalue weighted by molar-refractivity contribution is -0.118. The molecular formula is C21H26N2O5S. The fraction of sp³-hybridized carbons (Fsp3) is 0.381. The summed E-state index contributed by atoms with van der Waals surface area (Å²) in [6, 6.07) is 11.7. The SMILES string of the molecule is COc1cc(C)ccc1OCC(=O)Nc1ccc(S(=O)(=O)N2CCCCC2)cc1. The number of rotatable bonds is 7. The Hall–Kier alpha value is -2.58. The number of nitrogens with one attached hydrogen (secondary N) is 1. The molecule has 29 heavy (non-hydrogen) atoms. The van der Waals surface area contributed by atoms with Crippen molar-refractivity contribution in [1.29, 1.82) is 0 Å². The van der Waals surface area contributed by atoms with Gasteiger partial charge in [-0.2, -0.15) is 4.31 Å². The van der Waals surface area contributed by atoms with Gasteiger partial charge in [0.2, 0.25) is 10.0 Å². The highest BCUT2D eigenvalue weighted by molar-refractivity contribution is 7.89. The molecule has 7 nitrogen and oxygen atoms in total. The summed E-state index contributed by atoms with van der Waals surface area (Å²) in [5, 5.41) is 2.71. The van der Waals surface area contributed by atoms with Crippen LogP contribution in [0.1, 0.15) is 24.8 Å². The van der Waals surface area contributed by atoms with E-state index in [0.29, 0.717) is 30.3 Å². The number of hydrogen-bond donors (Lipinski definition) is 1. The number of anilines is 1. The zero-order chi connectivity index (χ0) is 20.9. The number of aryl methyl sites for hydroxylation is 1. The van der Waals surface area contributed by atoms with Crippen molar-refractivity contribution in [2.45, 2.75) is 31.1 Å². The molecule has 156 valence electrons. The Morgan fingerprint density at radius 1 is 1.03 bits per heavy atom. The molecule has 0 saturated carbocycles. The number of nitrogens with zero attached hydrogens (tertiary/aromatic N) is 1. The number of sulfonamides is 1. The van der Waals surface area contributed by atoms with E-state index in [1.165, 1.54) is 16.4 Å². The van der Waals surface area contributed by atoms with Crippen molar-refractivity contribution in [2.24, 2.45) is 0 Å². The van der Waals surface area contributed by atoms with E-state index in [1.807, 2.05) is 19.1 Å². The molecule has 1 saturated heterocycles. The number of ether oxygens (including phenoxy) is 2. The van der Waals surface area contributed by atoms with Crippen LogP contribution < -0.4 is 14.8 Å². The number of hydrogen-bond acceptors (Lipinski definition) is 5. The smallest absolute Gasteiger partial charge is 0.262 e. The zero-order valence-electron chi connectivity index (χ0n) is 16.7. The monoisotopic (exact) mass is 418 g/mol. The van der Waals surface area contributed by atoms with Gasteiger partial charge in [0.15, 0.2) is 18.1 Å². The van der Waals surface area contributed by atoms with Crippen molar-refractivity contribution < 1.29 is 22.7 Å². The predicted octanol–water partition coefficient (Wildman–Crippen LogP) is 3.20. The summed E-state index contributed by atoms with van der Waals surface area (Å²) in [5.74, 6) is 0.695. The van der Waals surface area contributed by atoms with E-state index < -0.39 is 10.0 Å². The molecule has 1 fully saturated rings. The van der Waals surface area contributed by atoms with Crippen LogP contribution in [-0.2, 0) is 14.8 Å². The van der Waals surface area contributed by atoms with Crippen molar-refractivity contribution in [2.75, 3.05) is 32.1 Å². The van der Waals surface area contributed by atoms with Crippen LogP contribution in [0, 0.1) is 6.92 Å². The molecule has 8 heteroatoms. The van der Waals surface area contributed by atoms with Gasteiger partial charge < -0.3 is 14.8 Å². The van der Waals surface area contributed by atoms with Crippen molar-refractivity contribution >= 4 is 21.6 Å². The lowest BCUT2D eigenvalue weighted by atomic mass is 10.2. The van der Waals surface area contributed by atoms with Crippen molar-refractivity contribution in [1.82, 2.24) is 4.31 Å². The maximum Gasteiger partial charge on any atom is 0.262 e. The first-order valence-corrected chi connectivity index (χ1v) is 11.0. The molecule has 0 aromatic heterocycles. The maximum absolute atomic E-state index is 12.7. The summed E-state index contributed by atoms with van der Waals surface area (Å²) in [4.78, 5) is 12.4. The quantitative estimate of drug-likeness (QED) is 0.746. The molecular weight excluding hydrogens is 392 g/mol. The number of piperidine rings is 1. The summed E-state index contributed by atoms with van der Waals surface area (Å²) in [7, 11) is -1.94. The van der Waals surface area contributed by atoms with Crippen LogP contribution in [0.2, 0.25) is 0 Å². The van der Waals surface area contributed by atoms with Gasteiger partial charge >= 0.3 is 0 Å². The summed E-state index contributed by atoms with van der Waals surface area (Å²) < 4.78 is 37.7. The third kappa shape index (κ3) is 5.27. The minimum absolute atomic E-state index is 0.187. The van der Waals surface area contributed by atoms with Gasteiger partial charge in [0.25, 0.3) is 5.91 Å². The fourth-order valence-electron chi connectivity index (χ4n) is 3.20. The van der Waals surface area contributed by atoms with Crippen LogP contribution in [0.25, 0.3) is 0 Å². The molecule has 2 aromatic rings. The highest BCUT2D eigenvalue weighted by atomic mass is 32.2. The molecule has 1 amide bonds. The molecule has 0 atom stereocenters. The molecule has 0 spiro atoms. The number of carbonyl (C=O) groups is 1. The average molecular weight is 419 g/mol. The van der Waals surface area contributed by atoms with Gasteiger partial charge in [0.05, 0.1) is 12.0 Å². The Bertz CT molecular complexity index is 952. The Kier molecular flexibility index (Phi) is 6.76. The van der Waals surface area contributed by atoms with Crippen molar-refractivity contribution in [3.8, 4) is 11.5 Å². The predicted molar refractivity (Wildman–Crippen MR) is 111 cm³/mol. The molecule has 1 heterocycles. The highest BCUT2D eigenvalue weighted by Gasteiger charge is 2.25. The first-order valence-electron chi connectivity index (χ1n) is 9.57. The average Bonchev–Trinajstić information content (AvgIpc) is 2.73. The Labute approximate surface area is 171 Å². The highest BCUT2D eigenvalue weighted by Crippen LogP contribution is 2.27. The summed E-state index contributed by atoms with van der Waals surface area (Å²) in [6.45, 7) is 2.86. The molecule has 1 N–H and O–H groups in total. The van der Waals surface area contributed by atoms with Crippen LogP contribution in [-0.4, -0.2) is 45.4 Å². The summed E-state index contributed by atoms with van der Waals surface area (Å²) >= 11 is 0. The third-order valence-electron chi connectivity index (χ3n) is 4.77. The van der Waals surface area contributed by atoms with Crippen molar-refractivity contribution in [3.05, 3.63) is 48.0 Å². The lowest BCUT2D eigenvalue weighted by Gasteiger charge is -2.25. The van der Waals surface area contributed by atoms with Gasteiger partial charge in [0.1, 0.15) is 0 Å². The molecule has 1 aliphatic heterocycles. The molecule has 0 aliphatic carbocycles.